The number of benzene rings is 2. The lowest BCUT2D eigenvalue weighted by molar-refractivity contribution is -0.192. The number of carbonyl (C=O) groups is 3. The fourth-order valence-electron chi connectivity index (χ4n) is 5.06. The molecule has 2 aromatic carbocycles. The Bertz CT molecular complexity index is 1260. The first kappa shape index (κ1) is 28.0. The summed E-state index contributed by atoms with van der Waals surface area (Å²) in [5, 5.41) is 5.68. The number of hydrazine groups is 1. The molecule has 4 rings (SSSR count). The third-order valence-electron chi connectivity index (χ3n) is 6.79. The zero-order chi connectivity index (χ0) is 28.3. The quantitative estimate of drug-likeness (QED) is 0.570. The molecule has 2 aromatic rings. The second kappa shape index (κ2) is 11.4. The van der Waals surface area contributed by atoms with Crippen molar-refractivity contribution in [1.29, 1.82) is 0 Å². The predicted octanol–water partition coefficient (Wildman–Crippen LogP) is 3.30. The van der Waals surface area contributed by atoms with E-state index in [0.29, 0.717) is 0 Å². The highest BCUT2D eigenvalue weighted by molar-refractivity contribution is 5.91. The van der Waals surface area contributed by atoms with Crippen LogP contribution in [0.3, 0.4) is 0 Å². The highest BCUT2D eigenvalue weighted by atomic mass is 19.4. The Hall–Kier alpha value is -4.04. The lowest BCUT2D eigenvalue weighted by Gasteiger charge is -2.55. The van der Waals surface area contributed by atoms with Crippen LogP contribution < -0.4 is 5.32 Å². The third-order valence-corrected chi connectivity index (χ3v) is 6.79. The van der Waals surface area contributed by atoms with Crippen molar-refractivity contribution < 1.29 is 27.6 Å². The summed E-state index contributed by atoms with van der Waals surface area (Å²) >= 11 is 0. The second-order valence-electron chi connectivity index (χ2n) is 9.90. The molecule has 39 heavy (non-hydrogen) atoms. The Labute approximate surface area is 225 Å². The van der Waals surface area contributed by atoms with Crippen LogP contribution in [0.1, 0.15) is 30.5 Å². The van der Waals surface area contributed by atoms with Gasteiger partial charge in [0.15, 0.2) is 0 Å². The van der Waals surface area contributed by atoms with E-state index >= 15 is 0 Å². The second-order valence-corrected chi connectivity index (χ2v) is 9.90. The molecular weight excluding hydrogens is 511 g/mol. The summed E-state index contributed by atoms with van der Waals surface area (Å²) in [6, 6.07) is 12.6. The predicted molar refractivity (Wildman–Crippen MR) is 137 cm³/mol. The standard InChI is InChI=1S/C28H30F3N5O3/c1-4-13-34-18-24(37)35-23(36(34)27(39)32-15-20-9-6-5-7-10-20)17-33(26(38)25(35)19(2)3)16-21-11-8-12-22(14-21)28(29,30)31/h1,5-12,14,19,23,25H,13,15-18H2,2-3H3,(H,32,39)/t23-,25-/m0/s1. The summed E-state index contributed by atoms with van der Waals surface area (Å²) in [6.07, 6.45) is 0.119. The number of nitrogens with zero attached hydrogens (tertiary/aromatic N) is 4. The number of piperazine rings is 1. The van der Waals surface area contributed by atoms with Crippen molar-refractivity contribution >= 4 is 17.8 Å². The molecule has 2 saturated heterocycles. The summed E-state index contributed by atoms with van der Waals surface area (Å²) in [5.41, 5.74) is 0.336. The zero-order valence-electron chi connectivity index (χ0n) is 21.7. The average Bonchev–Trinajstić information content (AvgIpc) is 2.88. The molecule has 0 aliphatic carbocycles. The minimum atomic E-state index is -4.53. The Morgan fingerprint density at radius 1 is 1.10 bits per heavy atom. The maximum Gasteiger partial charge on any atom is 0.416 e. The van der Waals surface area contributed by atoms with Crippen LogP contribution in [0.25, 0.3) is 0 Å². The lowest BCUT2D eigenvalue weighted by Crippen LogP contribution is -2.77. The van der Waals surface area contributed by atoms with E-state index in [4.69, 9.17) is 6.42 Å². The molecule has 2 fully saturated rings. The van der Waals surface area contributed by atoms with Gasteiger partial charge in [-0.25, -0.2) is 9.80 Å². The van der Waals surface area contributed by atoms with Gasteiger partial charge >= 0.3 is 12.2 Å². The van der Waals surface area contributed by atoms with Crippen molar-refractivity contribution in [1.82, 2.24) is 25.1 Å². The smallest absolute Gasteiger partial charge is 0.333 e. The first-order chi connectivity index (χ1) is 18.5. The van der Waals surface area contributed by atoms with Crippen molar-refractivity contribution in [3.63, 3.8) is 0 Å². The van der Waals surface area contributed by atoms with Crippen molar-refractivity contribution in [2.24, 2.45) is 5.92 Å². The molecule has 0 spiro atoms. The van der Waals surface area contributed by atoms with Gasteiger partial charge in [0.1, 0.15) is 12.2 Å². The van der Waals surface area contributed by atoms with E-state index in [-0.39, 0.29) is 56.0 Å². The molecule has 206 valence electrons. The number of hydrogen-bond donors (Lipinski definition) is 1. The largest absolute Gasteiger partial charge is 0.416 e. The molecule has 0 bridgehead atoms. The molecule has 0 aromatic heterocycles. The molecule has 2 atom stereocenters. The summed E-state index contributed by atoms with van der Waals surface area (Å²) in [5.74, 6) is 1.41. The van der Waals surface area contributed by atoms with Crippen molar-refractivity contribution in [2.75, 3.05) is 19.6 Å². The highest BCUT2D eigenvalue weighted by Gasteiger charge is 2.52. The van der Waals surface area contributed by atoms with Gasteiger partial charge in [0.2, 0.25) is 11.8 Å². The molecule has 0 radical (unpaired) electrons. The Morgan fingerprint density at radius 3 is 2.44 bits per heavy atom. The van der Waals surface area contributed by atoms with E-state index in [2.05, 4.69) is 11.2 Å². The van der Waals surface area contributed by atoms with Crippen LogP contribution >= 0.6 is 0 Å². The fraction of sp³-hybridized carbons (Fsp3) is 0.393. The number of alkyl halides is 3. The number of terminal acetylenes is 1. The van der Waals surface area contributed by atoms with E-state index in [0.717, 1.165) is 17.7 Å². The van der Waals surface area contributed by atoms with Crippen LogP contribution in [0.2, 0.25) is 0 Å². The molecule has 1 N–H and O–H groups in total. The number of urea groups is 1. The van der Waals surface area contributed by atoms with Gasteiger partial charge in [-0.2, -0.15) is 18.2 Å². The van der Waals surface area contributed by atoms with E-state index in [1.807, 2.05) is 30.3 Å². The summed E-state index contributed by atoms with van der Waals surface area (Å²) in [7, 11) is 0. The minimum Gasteiger partial charge on any atom is -0.333 e. The first-order valence-corrected chi connectivity index (χ1v) is 12.6. The van der Waals surface area contributed by atoms with Crippen molar-refractivity contribution in [3.05, 3.63) is 71.3 Å². The van der Waals surface area contributed by atoms with Crippen molar-refractivity contribution in [3.8, 4) is 12.3 Å². The van der Waals surface area contributed by atoms with Crippen LogP contribution in [0.15, 0.2) is 54.6 Å². The van der Waals surface area contributed by atoms with Gasteiger partial charge in [0.05, 0.1) is 25.2 Å². The van der Waals surface area contributed by atoms with E-state index in [1.54, 1.807) is 13.8 Å². The van der Waals surface area contributed by atoms with Crippen LogP contribution in [0.4, 0.5) is 18.0 Å². The van der Waals surface area contributed by atoms with Gasteiger partial charge in [-0.15, -0.1) is 6.42 Å². The Morgan fingerprint density at radius 2 is 1.79 bits per heavy atom. The van der Waals surface area contributed by atoms with E-state index in [9.17, 15) is 27.6 Å². The summed E-state index contributed by atoms with van der Waals surface area (Å²) < 4.78 is 39.9. The summed E-state index contributed by atoms with van der Waals surface area (Å²) in [6.45, 7) is 3.37. The molecule has 2 aliphatic rings. The number of halogens is 3. The lowest BCUT2D eigenvalue weighted by atomic mass is 9.95. The van der Waals surface area contributed by atoms with Crippen LogP contribution in [-0.4, -0.2) is 69.5 Å². The first-order valence-electron chi connectivity index (χ1n) is 12.6. The van der Waals surface area contributed by atoms with Crippen LogP contribution in [-0.2, 0) is 28.9 Å². The highest BCUT2D eigenvalue weighted by Crippen LogP contribution is 2.32. The van der Waals surface area contributed by atoms with E-state index in [1.165, 1.54) is 32.0 Å². The average molecular weight is 542 g/mol. The molecular formula is C28H30F3N5O3. The molecule has 11 heteroatoms. The maximum atomic E-state index is 13.6. The third kappa shape index (κ3) is 6.01. The van der Waals surface area contributed by atoms with Crippen LogP contribution in [0.5, 0.6) is 0 Å². The molecule has 4 amide bonds. The van der Waals surface area contributed by atoms with Gasteiger partial charge < -0.3 is 15.1 Å². The zero-order valence-corrected chi connectivity index (χ0v) is 21.7. The molecule has 0 saturated carbocycles. The monoisotopic (exact) mass is 541 g/mol. The van der Waals surface area contributed by atoms with E-state index < -0.39 is 30.0 Å². The van der Waals surface area contributed by atoms with Crippen LogP contribution in [0, 0.1) is 18.3 Å². The number of hydrogen-bond acceptors (Lipinski definition) is 4. The van der Waals surface area contributed by atoms with Crippen molar-refractivity contribution in [2.45, 2.75) is 45.3 Å². The normalized spacial score (nSPS) is 20.2. The van der Waals surface area contributed by atoms with Gasteiger partial charge in [0.25, 0.3) is 0 Å². The fourth-order valence-corrected chi connectivity index (χ4v) is 5.06. The van der Waals surface area contributed by atoms with Gasteiger partial charge in [0, 0.05) is 13.1 Å². The number of carbonyl (C=O) groups excluding carboxylic acids is 3. The SMILES string of the molecule is C#CCN1CC(=O)N2[C@@H](C(C)C)C(=O)N(Cc3cccc(C(F)(F)F)c3)C[C@@H]2N1C(=O)NCc1ccccc1. The Kier molecular flexibility index (Phi) is 8.16. The maximum absolute atomic E-state index is 13.6. The minimum absolute atomic E-state index is 0.0250. The molecule has 2 aliphatic heterocycles. The number of fused-ring (bicyclic) bond motifs is 1. The number of nitrogens with one attached hydrogen (secondary N) is 1. The molecule has 0 unspecified atom stereocenters. The Balaban J connectivity index is 1.66. The van der Waals surface area contributed by atoms with Gasteiger partial charge in [-0.1, -0.05) is 62.2 Å². The molecule has 8 nitrogen and oxygen atoms in total. The van der Waals surface area contributed by atoms with Gasteiger partial charge in [-0.05, 0) is 29.2 Å². The molecule has 2 heterocycles. The summed E-state index contributed by atoms with van der Waals surface area (Å²) in [4.78, 5) is 43.3. The number of rotatable bonds is 6. The topological polar surface area (TPSA) is 76.2 Å². The van der Waals surface area contributed by atoms with Gasteiger partial charge in [-0.3, -0.25) is 9.59 Å². The number of amides is 4.